The lowest BCUT2D eigenvalue weighted by Gasteiger charge is -2.26. The zero-order valence-electron chi connectivity index (χ0n) is 20.1. The molecule has 3 aromatic rings. The molecule has 35 heavy (non-hydrogen) atoms. The van der Waals surface area contributed by atoms with Crippen LogP contribution in [0.3, 0.4) is 0 Å². The van der Waals surface area contributed by atoms with E-state index in [0.717, 1.165) is 32.8 Å². The van der Waals surface area contributed by atoms with E-state index in [-0.39, 0.29) is 5.39 Å². The van der Waals surface area contributed by atoms with Crippen LogP contribution in [0, 0.1) is 5.82 Å². The Kier molecular flexibility index (Phi) is 7.62. The Morgan fingerprint density at radius 3 is 2.54 bits per heavy atom. The molecule has 9 nitrogen and oxygen atoms in total. The molecule has 1 aliphatic rings. The Balaban J connectivity index is 1.41. The van der Waals surface area contributed by atoms with Crippen LogP contribution in [0.25, 0.3) is 10.9 Å². The third-order valence-corrected chi connectivity index (χ3v) is 5.24. The molecule has 0 radical (unpaired) electrons. The molecule has 1 aromatic heterocycles. The molecule has 4 rings (SSSR count). The van der Waals surface area contributed by atoms with E-state index in [1.807, 2.05) is 0 Å². The minimum atomic E-state index is -0.586. The topological polar surface area (TPSA) is 97.8 Å². The molecule has 1 amide bonds. The van der Waals surface area contributed by atoms with E-state index in [1.54, 1.807) is 51.1 Å². The van der Waals surface area contributed by atoms with Gasteiger partial charge in [-0.3, -0.25) is 10.2 Å². The SMILES string of the molecule is CC(C)(C)OC(=O)Nc1ccc(Nc2ncnc3cc(OCCN4CCOCC4)cc(F)c23)cc1. The number of aromatic nitrogens is 2. The number of fused-ring (bicyclic) bond motifs is 1. The van der Waals surface area contributed by atoms with Crippen molar-refractivity contribution >= 4 is 34.2 Å². The summed E-state index contributed by atoms with van der Waals surface area (Å²) in [5.41, 5.74) is 1.09. The first-order valence-corrected chi connectivity index (χ1v) is 11.5. The third-order valence-electron chi connectivity index (χ3n) is 5.24. The number of ether oxygens (including phenoxy) is 3. The quantitative estimate of drug-likeness (QED) is 0.504. The lowest BCUT2D eigenvalue weighted by molar-refractivity contribution is 0.0322. The molecule has 0 bridgehead atoms. The zero-order chi connectivity index (χ0) is 24.8. The highest BCUT2D eigenvalue weighted by molar-refractivity contribution is 5.92. The van der Waals surface area contributed by atoms with Gasteiger partial charge in [0.1, 0.15) is 35.9 Å². The summed E-state index contributed by atoms with van der Waals surface area (Å²) in [4.78, 5) is 22.6. The van der Waals surface area contributed by atoms with Crippen LogP contribution in [0.15, 0.2) is 42.7 Å². The summed E-state index contributed by atoms with van der Waals surface area (Å²) in [6.07, 6.45) is 0.838. The average Bonchev–Trinajstić information content (AvgIpc) is 2.80. The number of amides is 1. The van der Waals surface area contributed by atoms with E-state index < -0.39 is 17.5 Å². The smallest absolute Gasteiger partial charge is 0.412 e. The van der Waals surface area contributed by atoms with Gasteiger partial charge in [-0.15, -0.1) is 0 Å². The second kappa shape index (κ2) is 10.8. The van der Waals surface area contributed by atoms with Crippen molar-refractivity contribution in [2.45, 2.75) is 26.4 Å². The first-order valence-electron chi connectivity index (χ1n) is 11.5. The molecule has 186 valence electrons. The van der Waals surface area contributed by atoms with Gasteiger partial charge in [0.2, 0.25) is 0 Å². The highest BCUT2D eigenvalue weighted by Gasteiger charge is 2.17. The largest absolute Gasteiger partial charge is 0.492 e. The molecule has 10 heteroatoms. The van der Waals surface area contributed by atoms with Crippen LogP contribution in [0.5, 0.6) is 5.75 Å². The maximum absolute atomic E-state index is 15.0. The van der Waals surface area contributed by atoms with Gasteiger partial charge in [-0.1, -0.05) is 0 Å². The van der Waals surface area contributed by atoms with Crippen molar-refractivity contribution < 1.29 is 23.4 Å². The van der Waals surface area contributed by atoms with E-state index >= 15 is 4.39 Å². The monoisotopic (exact) mass is 483 g/mol. The Hall–Kier alpha value is -3.50. The van der Waals surface area contributed by atoms with E-state index in [4.69, 9.17) is 14.2 Å². The summed E-state index contributed by atoms with van der Waals surface area (Å²) < 4.78 is 31.4. The lowest BCUT2D eigenvalue weighted by atomic mass is 10.2. The molecule has 1 fully saturated rings. The van der Waals surface area contributed by atoms with Crippen LogP contribution < -0.4 is 15.4 Å². The Morgan fingerprint density at radius 1 is 1.11 bits per heavy atom. The maximum atomic E-state index is 15.0. The van der Waals surface area contributed by atoms with Crippen molar-refractivity contribution in [1.29, 1.82) is 0 Å². The second-order valence-corrected chi connectivity index (χ2v) is 9.15. The highest BCUT2D eigenvalue weighted by atomic mass is 19.1. The first-order chi connectivity index (χ1) is 16.8. The fourth-order valence-electron chi connectivity index (χ4n) is 3.61. The average molecular weight is 484 g/mol. The fraction of sp³-hybridized carbons (Fsp3) is 0.400. The van der Waals surface area contributed by atoms with Crippen LogP contribution in [0.2, 0.25) is 0 Å². The van der Waals surface area contributed by atoms with Gasteiger partial charge < -0.3 is 19.5 Å². The van der Waals surface area contributed by atoms with Crippen molar-refractivity contribution in [2.75, 3.05) is 50.1 Å². The maximum Gasteiger partial charge on any atom is 0.412 e. The van der Waals surface area contributed by atoms with Gasteiger partial charge in [-0.05, 0) is 45.0 Å². The van der Waals surface area contributed by atoms with E-state index in [1.165, 1.54) is 12.4 Å². The number of halogens is 1. The Morgan fingerprint density at radius 2 is 1.83 bits per heavy atom. The lowest BCUT2D eigenvalue weighted by Crippen LogP contribution is -2.38. The minimum absolute atomic E-state index is 0.268. The number of nitrogens with one attached hydrogen (secondary N) is 2. The molecular formula is C25H30FN5O4. The van der Waals surface area contributed by atoms with Gasteiger partial charge in [0.05, 0.1) is 24.1 Å². The van der Waals surface area contributed by atoms with Crippen LogP contribution >= 0.6 is 0 Å². The molecule has 0 saturated carbocycles. The summed E-state index contributed by atoms with van der Waals surface area (Å²) in [6.45, 7) is 9.78. The fourth-order valence-corrected chi connectivity index (χ4v) is 3.61. The minimum Gasteiger partial charge on any atom is -0.492 e. The Bertz CT molecular complexity index is 1160. The molecule has 1 aliphatic heterocycles. The Labute approximate surface area is 203 Å². The van der Waals surface area contributed by atoms with Crippen LogP contribution in [0.1, 0.15) is 20.8 Å². The molecular weight excluding hydrogens is 453 g/mol. The van der Waals surface area contributed by atoms with Crippen molar-refractivity contribution in [3.8, 4) is 5.75 Å². The normalized spacial score (nSPS) is 14.5. The molecule has 2 aromatic carbocycles. The number of rotatable bonds is 7. The van der Waals surface area contributed by atoms with Gasteiger partial charge >= 0.3 is 6.09 Å². The number of anilines is 3. The van der Waals surface area contributed by atoms with Crippen LogP contribution in [-0.4, -0.2) is 66.0 Å². The number of nitrogens with zero attached hydrogens (tertiary/aromatic N) is 3. The van der Waals surface area contributed by atoms with Gasteiger partial charge in [0.25, 0.3) is 0 Å². The van der Waals surface area contributed by atoms with Gasteiger partial charge in [-0.25, -0.2) is 19.2 Å². The highest BCUT2D eigenvalue weighted by Crippen LogP contribution is 2.29. The molecule has 2 N–H and O–H groups in total. The predicted octanol–water partition coefficient (Wildman–Crippen LogP) is 4.57. The number of hydrogen-bond acceptors (Lipinski definition) is 8. The van der Waals surface area contributed by atoms with Crippen molar-refractivity contribution in [1.82, 2.24) is 14.9 Å². The van der Waals surface area contributed by atoms with Crippen molar-refractivity contribution in [3.05, 3.63) is 48.5 Å². The molecule has 0 atom stereocenters. The van der Waals surface area contributed by atoms with Gasteiger partial charge in [0.15, 0.2) is 0 Å². The summed E-state index contributed by atoms with van der Waals surface area (Å²) >= 11 is 0. The molecule has 1 saturated heterocycles. The van der Waals surface area contributed by atoms with Crippen LogP contribution in [0.4, 0.5) is 26.4 Å². The molecule has 0 spiro atoms. The summed E-state index contributed by atoms with van der Waals surface area (Å²) in [5.74, 6) is 0.279. The summed E-state index contributed by atoms with van der Waals surface area (Å²) in [6, 6.07) is 9.99. The summed E-state index contributed by atoms with van der Waals surface area (Å²) in [7, 11) is 0. The van der Waals surface area contributed by atoms with Crippen molar-refractivity contribution in [3.63, 3.8) is 0 Å². The molecule has 0 unspecified atom stereocenters. The number of carbonyl (C=O) groups excluding carboxylic acids is 1. The number of hydrogen-bond donors (Lipinski definition) is 2. The standard InChI is InChI=1S/C25H30FN5O4/c1-25(2,3)35-24(32)30-18-6-4-17(5-7-18)29-23-22-20(26)14-19(15-21(22)27-16-28-23)34-13-10-31-8-11-33-12-9-31/h4-7,14-16H,8-13H2,1-3H3,(H,30,32)(H,27,28,29). The first kappa shape index (κ1) is 24.6. The third kappa shape index (κ3) is 7.00. The van der Waals surface area contributed by atoms with E-state index in [0.29, 0.717) is 35.1 Å². The van der Waals surface area contributed by atoms with Crippen LogP contribution in [-0.2, 0) is 9.47 Å². The van der Waals surface area contributed by atoms with Crippen molar-refractivity contribution in [2.24, 2.45) is 0 Å². The molecule has 2 heterocycles. The second-order valence-electron chi connectivity index (χ2n) is 9.15. The number of carbonyl (C=O) groups is 1. The number of benzene rings is 2. The molecule has 0 aliphatic carbocycles. The summed E-state index contributed by atoms with van der Waals surface area (Å²) in [5, 5.41) is 6.06. The zero-order valence-corrected chi connectivity index (χ0v) is 20.1. The number of morpholine rings is 1. The predicted molar refractivity (Wildman–Crippen MR) is 132 cm³/mol. The van der Waals surface area contributed by atoms with E-state index in [2.05, 4.69) is 25.5 Å². The van der Waals surface area contributed by atoms with Gasteiger partial charge in [-0.2, -0.15) is 0 Å². The van der Waals surface area contributed by atoms with E-state index in [9.17, 15) is 4.79 Å². The van der Waals surface area contributed by atoms with Gasteiger partial charge in [0, 0.05) is 43.1 Å².